The maximum absolute atomic E-state index is 3.34. The van der Waals surface area contributed by atoms with Crippen LogP contribution >= 0.6 is 11.3 Å². The van der Waals surface area contributed by atoms with Gasteiger partial charge in [-0.15, -0.1) is 11.3 Å². The van der Waals surface area contributed by atoms with Gasteiger partial charge in [-0.2, -0.15) is 0 Å². The van der Waals surface area contributed by atoms with Crippen molar-refractivity contribution in [2.45, 2.75) is 6.04 Å². The van der Waals surface area contributed by atoms with E-state index in [1.165, 1.54) is 15.6 Å². The van der Waals surface area contributed by atoms with Gasteiger partial charge in [0.2, 0.25) is 0 Å². The second kappa shape index (κ2) is 2.31. The molecule has 1 atom stereocenters. The fraction of sp³-hybridized carbons (Fsp3) is 0.200. The van der Waals surface area contributed by atoms with Gasteiger partial charge in [-0.1, -0.05) is 18.2 Å². The van der Waals surface area contributed by atoms with Crippen LogP contribution in [0.15, 0.2) is 29.6 Å². The first-order valence-electron chi connectivity index (χ1n) is 4.15. The number of benzene rings is 1. The molecule has 0 radical (unpaired) electrons. The van der Waals surface area contributed by atoms with Gasteiger partial charge in [-0.3, -0.25) is 0 Å². The smallest absolute Gasteiger partial charge is 0.0462 e. The van der Waals surface area contributed by atoms with E-state index in [1.807, 2.05) is 11.3 Å². The second-order valence-corrected chi connectivity index (χ2v) is 4.06. The molecular formula is C10H9NS. The predicted octanol–water partition coefficient (Wildman–Crippen LogP) is 2.55. The first kappa shape index (κ1) is 6.63. The van der Waals surface area contributed by atoms with E-state index < -0.39 is 0 Å². The van der Waals surface area contributed by atoms with E-state index in [4.69, 9.17) is 0 Å². The second-order valence-electron chi connectivity index (χ2n) is 3.15. The number of nitrogens with one attached hydrogen (secondary N) is 1. The minimum Gasteiger partial charge on any atom is -0.307 e. The molecule has 1 fully saturated rings. The van der Waals surface area contributed by atoms with Gasteiger partial charge < -0.3 is 5.32 Å². The molecule has 1 N–H and O–H groups in total. The standard InChI is InChI=1S/C10H9NS/c1-2-4-10-7(3-1)8(6-12-10)9-5-11-9/h1-4,6,9,11H,5H2/t9-/m1/s1. The van der Waals surface area contributed by atoms with Crippen molar-refractivity contribution >= 4 is 21.4 Å². The molecule has 3 rings (SSSR count). The Balaban J connectivity index is 2.30. The zero-order chi connectivity index (χ0) is 7.97. The van der Waals surface area contributed by atoms with Crippen molar-refractivity contribution < 1.29 is 0 Å². The van der Waals surface area contributed by atoms with E-state index in [1.54, 1.807) is 0 Å². The van der Waals surface area contributed by atoms with Crippen molar-refractivity contribution in [1.29, 1.82) is 0 Å². The zero-order valence-corrected chi connectivity index (χ0v) is 7.40. The molecular weight excluding hydrogens is 166 g/mol. The third-order valence-electron chi connectivity index (χ3n) is 2.29. The highest BCUT2D eigenvalue weighted by atomic mass is 32.1. The molecule has 0 spiro atoms. The highest BCUT2D eigenvalue weighted by Gasteiger charge is 2.24. The monoisotopic (exact) mass is 175 g/mol. The summed E-state index contributed by atoms with van der Waals surface area (Å²) < 4.78 is 1.40. The molecule has 0 bridgehead atoms. The summed E-state index contributed by atoms with van der Waals surface area (Å²) in [6.07, 6.45) is 0. The van der Waals surface area contributed by atoms with Crippen LogP contribution in [0.1, 0.15) is 11.6 Å². The Morgan fingerprint density at radius 3 is 3.00 bits per heavy atom. The van der Waals surface area contributed by atoms with Crippen LogP contribution in [0, 0.1) is 0 Å². The van der Waals surface area contributed by atoms with Crippen LogP contribution in [0.3, 0.4) is 0 Å². The van der Waals surface area contributed by atoms with Crippen LogP contribution in [-0.4, -0.2) is 6.54 Å². The lowest BCUT2D eigenvalue weighted by atomic mass is 10.1. The summed E-state index contributed by atoms with van der Waals surface area (Å²) in [6, 6.07) is 9.25. The van der Waals surface area contributed by atoms with Gasteiger partial charge in [0.25, 0.3) is 0 Å². The summed E-state index contributed by atoms with van der Waals surface area (Å²) in [7, 11) is 0. The predicted molar refractivity (Wildman–Crippen MR) is 52.6 cm³/mol. The lowest BCUT2D eigenvalue weighted by molar-refractivity contribution is 1.10. The molecule has 60 valence electrons. The Hall–Kier alpha value is -0.860. The summed E-state index contributed by atoms with van der Waals surface area (Å²) in [5.41, 5.74) is 1.48. The van der Waals surface area contributed by atoms with E-state index in [-0.39, 0.29) is 0 Å². The minimum absolute atomic E-state index is 0.640. The fourth-order valence-corrected chi connectivity index (χ4v) is 2.56. The van der Waals surface area contributed by atoms with E-state index in [0.29, 0.717) is 6.04 Å². The SMILES string of the molecule is c1ccc2c([C@H]3CN3)csc2c1. The van der Waals surface area contributed by atoms with Gasteiger partial charge in [0.1, 0.15) is 0 Å². The largest absolute Gasteiger partial charge is 0.307 e. The average Bonchev–Trinajstić information content (AvgIpc) is 2.86. The van der Waals surface area contributed by atoms with Crippen LogP contribution in [0.5, 0.6) is 0 Å². The molecule has 2 heterocycles. The normalized spacial score (nSPS) is 21.5. The molecule has 2 heteroatoms. The third-order valence-corrected chi connectivity index (χ3v) is 3.28. The van der Waals surface area contributed by atoms with Gasteiger partial charge in [0, 0.05) is 17.3 Å². The maximum Gasteiger partial charge on any atom is 0.0462 e. The van der Waals surface area contributed by atoms with E-state index in [9.17, 15) is 0 Å². The van der Waals surface area contributed by atoms with Crippen molar-refractivity contribution in [2.75, 3.05) is 6.54 Å². The van der Waals surface area contributed by atoms with Gasteiger partial charge in [0.05, 0.1) is 0 Å². The van der Waals surface area contributed by atoms with Gasteiger partial charge in [-0.25, -0.2) is 0 Å². The number of rotatable bonds is 1. The summed E-state index contributed by atoms with van der Waals surface area (Å²) in [4.78, 5) is 0. The van der Waals surface area contributed by atoms with Gasteiger partial charge >= 0.3 is 0 Å². The Labute approximate surface area is 75.0 Å². The van der Waals surface area contributed by atoms with Crippen molar-refractivity contribution in [3.05, 3.63) is 35.2 Å². The molecule has 1 aromatic carbocycles. The lowest BCUT2D eigenvalue weighted by Gasteiger charge is -1.92. The quantitative estimate of drug-likeness (QED) is 0.661. The summed E-state index contributed by atoms with van der Waals surface area (Å²) >= 11 is 1.84. The van der Waals surface area contributed by atoms with Gasteiger partial charge in [-0.05, 0) is 22.4 Å². The fourth-order valence-electron chi connectivity index (χ4n) is 1.55. The number of fused-ring (bicyclic) bond motifs is 1. The Morgan fingerprint density at radius 2 is 2.17 bits per heavy atom. The van der Waals surface area contributed by atoms with Crippen molar-refractivity contribution in [3.63, 3.8) is 0 Å². The summed E-state index contributed by atoms with van der Waals surface area (Å²) in [5.74, 6) is 0. The first-order chi connectivity index (χ1) is 5.95. The molecule has 2 aromatic rings. The molecule has 0 saturated carbocycles. The lowest BCUT2D eigenvalue weighted by Crippen LogP contribution is -1.79. The first-order valence-corrected chi connectivity index (χ1v) is 5.02. The van der Waals surface area contributed by atoms with Crippen LogP contribution in [0.2, 0.25) is 0 Å². The molecule has 1 aliphatic rings. The number of thiophene rings is 1. The van der Waals surface area contributed by atoms with E-state index in [2.05, 4.69) is 35.0 Å². The van der Waals surface area contributed by atoms with Crippen molar-refractivity contribution in [1.82, 2.24) is 5.32 Å². The zero-order valence-electron chi connectivity index (χ0n) is 6.58. The summed E-state index contributed by atoms with van der Waals surface area (Å²) in [6.45, 7) is 1.15. The van der Waals surface area contributed by atoms with Crippen molar-refractivity contribution in [3.8, 4) is 0 Å². The van der Waals surface area contributed by atoms with E-state index in [0.717, 1.165) is 6.54 Å². The van der Waals surface area contributed by atoms with Crippen molar-refractivity contribution in [2.24, 2.45) is 0 Å². The topological polar surface area (TPSA) is 21.9 Å². The third kappa shape index (κ3) is 0.886. The summed E-state index contributed by atoms with van der Waals surface area (Å²) in [5, 5.41) is 7.04. The minimum atomic E-state index is 0.640. The molecule has 0 amide bonds. The van der Waals surface area contributed by atoms with Crippen LogP contribution in [-0.2, 0) is 0 Å². The average molecular weight is 175 g/mol. The molecule has 1 aromatic heterocycles. The highest BCUT2D eigenvalue weighted by Crippen LogP contribution is 2.33. The number of hydrogen-bond acceptors (Lipinski definition) is 2. The molecule has 0 aliphatic carbocycles. The highest BCUT2D eigenvalue weighted by molar-refractivity contribution is 7.17. The molecule has 1 nitrogen and oxygen atoms in total. The molecule has 1 saturated heterocycles. The van der Waals surface area contributed by atoms with E-state index >= 15 is 0 Å². The van der Waals surface area contributed by atoms with Gasteiger partial charge in [0.15, 0.2) is 0 Å². The molecule has 0 unspecified atom stereocenters. The number of hydrogen-bond donors (Lipinski definition) is 1. The maximum atomic E-state index is 3.34. The van der Waals surface area contributed by atoms with Crippen LogP contribution in [0.25, 0.3) is 10.1 Å². The Morgan fingerprint density at radius 1 is 1.33 bits per heavy atom. The van der Waals surface area contributed by atoms with Crippen LogP contribution in [0.4, 0.5) is 0 Å². The Bertz CT molecular complexity index is 414. The van der Waals surface area contributed by atoms with Crippen LogP contribution < -0.4 is 5.32 Å². The molecule has 1 aliphatic heterocycles. The Kier molecular flexibility index (Phi) is 1.28. The molecule has 12 heavy (non-hydrogen) atoms.